The van der Waals surface area contributed by atoms with E-state index >= 15 is 0 Å². The molecule has 4 aromatic rings. The van der Waals surface area contributed by atoms with Crippen LogP contribution in [-0.2, 0) is 0 Å². The van der Waals surface area contributed by atoms with Gasteiger partial charge in [0.25, 0.3) is 17.7 Å². The predicted molar refractivity (Wildman–Crippen MR) is 133 cm³/mol. The van der Waals surface area contributed by atoms with Crippen LogP contribution in [0.5, 0.6) is 5.75 Å². The zero-order chi connectivity index (χ0) is 23.7. The van der Waals surface area contributed by atoms with E-state index < -0.39 is 0 Å². The highest BCUT2D eigenvalue weighted by Gasteiger charge is 2.32. The topological polar surface area (TPSA) is 66.9 Å². The molecule has 0 atom stereocenters. The molecule has 0 N–H and O–H groups in total. The number of rotatable bonds is 7. The van der Waals surface area contributed by atoms with Gasteiger partial charge in [0.15, 0.2) is 0 Å². The molecule has 7 heteroatoms. The van der Waals surface area contributed by atoms with E-state index in [4.69, 9.17) is 4.74 Å². The molecule has 0 saturated heterocycles. The highest BCUT2D eigenvalue weighted by atomic mass is 32.1. The maximum absolute atomic E-state index is 13.2. The highest BCUT2D eigenvalue weighted by Crippen LogP contribution is 2.30. The number of anilines is 1. The van der Waals surface area contributed by atoms with Crippen molar-refractivity contribution in [3.8, 4) is 5.75 Å². The molecule has 34 heavy (non-hydrogen) atoms. The summed E-state index contributed by atoms with van der Waals surface area (Å²) in [7, 11) is 1.59. The maximum atomic E-state index is 13.2. The lowest BCUT2D eigenvalue weighted by molar-refractivity contribution is 0.0610. The van der Waals surface area contributed by atoms with Gasteiger partial charge < -0.3 is 9.64 Å². The smallest absolute Gasteiger partial charge is 0.268 e. The van der Waals surface area contributed by atoms with E-state index in [1.165, 1.54) is 16.2 Å². The predicted octanol–water partition coefficient (Wildman–Crippen LogP) is 5.24. The van der Waals surface area contributed by atoms with Crippen molar-refractivity contribution in [1.29, 1.82) is 0 Å². The van der Waals surface area contributed by atoms with Crippen molar-refractivity contribution in [2.75, 3.05) is 25.1 Å². The van der Waals surface area contributed by atoms with Crippen LogP contribution in [0.2, 0.25) is 0 Å². The third kappa shape index (κ3) is 3.84. The van der Waals surface area contributed by atoms with Gasteiger partial charge in [-0.25, -0.2) is 0 Å². The van der Waals surface area contributed by atoms with Gasteiger partial charge in [-0.05, 0) is 59.7 Å². The summed E-state index contributed by atoms with van der Waals surface area (Å²) in [5.74, 6) is -0.0130. The normalized spacial score (nSPS) is 12.8. The van der Waals surface area contributed by atoms with Crippen molar-refractivity contribution in [3.63, 3.8) is 0 Å². The molecule has 3 aromatic carbocycles. The molecule has 0 bridgehead atoms. The fraction of sp³-hybridized carbons (Fsp3) is 0.148. The Labute approximate surface area is 201 Å². The van der Waals surface area contributed by atoms with Gasteiger partial charge in [-0.1, -0.05) is 30.3 Å². The van der Waals surface area contributed by atoms with Crippen LogP contribution in [0, 0.1) is 0 Å². The fourth-order valence-electron chi connectivity index (χ4n) is 4.31. The molecule has 0 fully saturated rings. The molecular weight excluding hydrogens is 448 g/mol. The molecule has 0 spiro atoms. The minimum absolute atomic E-state index is 0.119. The Bertz CT molecular complexity index is 1330. The minimum Gasteiger partial charge on any atom is -0.497 e. The average molecular weight is 471 g/mol. The van der Waals surface area contributed by atoms with Gasteiger partial charge in [-0.3, -0.25) is 19.3 Å². The Morgan fingerprint density at radius 2 is 1.59 bits per heavy atom. The number of hydrogen-bond acceptors (Lipinski definition) is 5. The zero-order valence-electron chi connectivity index (χ0n) is 18.6. The van der Waals surface area contributed by atoms with E-state index in [9.17, 15) is 14.4 Å². The number of nitrogens with zero attached hydrogens (tertiary/aromatic N) is 2. The maximum Gasteiger partial charge on any atom is 0.268 e. The Morgan fingerprint density at radius 1 is 0.912 bits per heavy atom. The van der Waals surface area contributed by atoms with Gasteiger partial charge in [-0.2, -0.15) is 0 Å². The molecule has 1 aromatic heterocycles. The number of amides is 3. The third-order valence-electron chi connectivity index (χ3n) is 5.98. The summed E-state index contributed by atoms with van der Waals surface area (Å²) < 4.78 is 5.24. The fourth-order valence-corrected chi connectivity index (χ4v) is 4.99. The van der Waals surface area contributed by atoms with Crippen LogP contribution in [0.3, 0.4) is 0 Å². The second-order valence-corrected chi connectivity index (χ2v) is 8.90. The number of imide groups is 1. The van der Waals surface area contributed by atoms with E-state index in [0.29, 0.717) is 40.1 Å². The van der Waals surface area contributed by atoms with Gasteiger partial charge in [0.1, 0.15) is 5.75 Å². The summed E-state index contributed by atoms with van der Waals surface area (Å²) in [6.07, 6.45) is 0.443. The number of carbonyl (C=O) groups excluding carboxylic acids is 3. The average Bonchev–Trinajstić information content (AvgIpc) is 3.42. The number of carbonyl (C=O) groups is 3. The molecule has 0 unspecified atom stereocenters. The summed E-state index contributed by atoms with van der Waals surface area (Å²) >= 11 is 1.38. The molecule has 2 heterocycles. The van der Waals surface area contributed by atoms with E-state index in [-0.39, 0.29) is 24.3 Å². The zero-order valence-corrected chi connectivity index (χ0v) is 19.4. The first-order valence-electron chi connectivity index (χ1n) is 11.0. The number of methoxy groups -OCH3 is 1. The summed E-state index contributed by atoms with van der Waals surface area (Å²) in [4.78, 5) is 43.1. The molecule has 6 nitrogen and oxygen atoms in total. The summed E-state index contributed by atoms with van der Waals surface area (Å²) in [5.41, 5.74) is 1.80. The summed E-state index contributed by atoms with van der Waals surface area (Å²) in [5, 5.41) is 3.45. The molecule has 5 rings (SSSR count). The first kappa shape index (κ1) is 21.9. The van der Waals surface area contributed by atoms with Crippen molar-refractivity contribution < 1.29 is 19.1 Å². The van der Waals surface area contributed by atoms with Crippen LogP contribution in [0.4, 0.5) is 5.69 Å². The second-order valence-electron chi connectivity index (χ2n) is 7.96. The Balaban J connectivity index is 1.37. The van der Waals surface area contributed by atoms with Gasteiger partial charge >= 0.3 is 0 Å². The SMILES string of the molecule is COc1ccc(N(CCCN2C(=O)c3cccc4cccc(c34)C2=O)C(=O)c2cccs2)cc1. The molecule has 170 valence electrons. The van der Waals surface area contributed by atoms with Crippen LogP contribution in [0.1, 0.15) is 36.8 Å². The molecule has 1 aliphatic heterocycles. The minimum atomic E-state index is -0.296. The standard InChI is InChI=1S/C27H22N2O4S/c1-33-20-13-11-19(12-14-20)28(27(32)23-10-4-17-34-23)15-5-16-29-25(30)21-8-2-6-18-7-3-9-22(24(18)21)26(29)31/h2-4,6-14,17H,5,15-16H2,1H3. The van der Waals surface area contributed by atoms with Gasteiger partial charge in [0.2, 0.25) is 0 Å². The molecule has 0 aliphatic carbocycles. The van der Waals surface area contributed by atoms with Crippen LogP contribution < -0.4 is 9.64 Å². The van der Waals surface area contributed by atoms with Crippen LogP contribution >= 0.6 is 11.3 Å². The molecule has 1 aliphatic rings. The Morgan fingerprint density at radius 3 is 2.18 bits per heavy atom. The summed E-state index contributed by atoms with van der Waals surface area (Å²) in [6, 6.07) is 21.9. The lowest BCUT2D eigenvalue weighted by atomic mass is 9.94. The largest absolute Gasteiger partial charge is 0.497 e. The number of ether oxygens (including phenoxy) is 1. The summed E-state index contributed by atoms with van der Waals surface area (Å²) in [6.45, 7) is 0.568. The van der Waals surface area contributed by atoms with Crippen molar-refractivity contribution in [2.45, 2.75) is 6.42 Å². The van der Waals surface area contributed by atoms with Crippen LogP contribution in [0.25, 0.3) is 10.8 Å². The van der Waals surface area contributed by atoms with E-state index in [1.807, 2.05) is 47.8 Å². The van der Waals surface area contributed by atoms with Gasteiger partial charge in [0, 0.05) is 35.3 Å². The van der Waals surface area contributed by atoms with Crippen molar-refractivity contribution in [2.24, 2.45) is 0 Å². The lowest BCUT2D eigenvalue weighted by Gasteiger charge is -2.28. The van der Waals surface area contributed by atoms with Crippen LogP contribution in [-0.4, -0.2) is 42.8 Å². The Kier molecular flexibility index (Phi) is 5.86. The lowest BCUT2D eigenvalue weighted by Crippen LogP contribution is -2.42. The quantitative estimate of drug-likeness (QED) is 0.346. The first-order valence-corrected chi connectivity index (χ1v) is 11.8. The first-order chi connectivity index (χ1) is 16.6. The van der Waals surface area contributed by atoms with Gasteiger partial charge in [-0.15, -0.1) is 11.3 Å². The Hall–Kier alpha value is -3.97. The van der Waals surface area contributed by atoms with E-state index in [1.54, 1.807) is 42.3 Å². The van der Waals surface area contributed by atoms with Crippen molar-refractivity contribution >= 4 is 45.5 Å². The van der Waals surface area contributed by atoms with Gasteiger partial charge in [0.05, 0.1) is 12.0 Å². The number of benzene rings is 3. The third-order valence-corrected chi connectivity index (χ3v) is 6.84. The molecule has 0 radical (unpaired) electrons. The molecular formula is C27H22N2O4S. The number of hydrogen-bond donors (Lipinski definition) is 0. The van der Waals surface area contributed by atoms with Crippen molar-refractivity contribution in [1.82, 2.24) is 4.90 Å². The molecule has 0 saturated carbocycles. The molecule has 3 amide bonds. The number of thiophene rings is 1. The van der Waals surface area contributed by atoms with E-state index in [2.05, 4.69) is 0 Å². The van der Waals surface area contributed by atoms with Crippen molar-refractivity contribution in [3.05, 3.63) is 94.2 Å². The van der Waals surface area contributed by atoms with Crippen LogP contribution in [0.15, 0.2) is 78.2 Å². The monoisotopic (exact) mass is 470 g/mol. The second kappa shape index (κ2) is 9.11. The highest BCUT2D eigenvalue weighted by molar-refractivity contribution is 7.12. The van der Waals surface area contributed by atoms with E-state index in [0.717, 1.165) is 11.1 Å².